The molecule has 0 aliphatic heterocycles. The van der Waals surface area contributed by atoms with Crippen LogP contribution in [0.25, 0.3) is 10.2 Å². The van der Waals surface area contributed by atoms with Crippen LogP contribution in [0.3, 0.4) is 0 Å². The van der Waals surface area contributed by atoms with E-state index in [1.807, 2.05) is 0 Å². The predicted octanol–water partition coefficient (Wildman–Crippen LogP) is 3.69. The molecule has 0 aliphatic carbocycles. The number of thiophene rings is 1. The second kappa shape index (κ2) is 7.30. The summed E-state index contributed by atoms with van der Waals surface area (Å²) in [5.41, 5.74) is 0.801. The Morgan fingerprint density at radius 1 is 1.23 bits per heavy atom. The second-order valence-corrected chi connectivity index (χ2v) is 6.40. The van der Waals surface area contributed by atoms with Gasteiger partial charge in [0, 0.05) is 18.9 Å². The number of hydrogen-bond acceptors (Lipinski definition) is 6. The van der Waals surface area contributed by atoms with Crippen molar-refractivity contribution >= 4 is 33.1 Å². The summed E-state index contributed by atoms with van der Waals surface area (Å²) in [7, 11) is 3.01. The molecule has 0 aliphatic rings. The molecule has 0 saturated carbocycles. The number of amides is 1. The number of hydrogen-bond donors (Lipinski definition) is 1. The van der Waals surface area contributed by atoms with Crippen molar-refractivity contribution in [3.8, 4) is 5.88 Å². The van der Waals surface area contributed by atoms with Crippen LogP contribution in [0.5, 0.6) is 5.88 Å². The first-order valence-corrected chi connectivity index (χ1v) is 8.35. The summed E-state index contributed by atoms with van der Waals surface area (Å²) in [6, 6.07) is 3.16. The van der Waals surface area contributed by atoms with Gasteiger partial charge in [-0.05, 0) is 24.6 Å². The van der Waals surface area contributed by atoms with Gasteiger partial charge >= 0.3 is 0 Å². The summed E-state index contributed by atoms with van der Waals surface area (Å²) in [5, 5.41) is 3.19. The molecule has 2 heterocycles. The highest BCUT2D eigenvalue weighted by molar-refractivity contribution is 7.20. The maximum Gasteiger partial charge on any atom is 0.266 e. The van der Waals surface area contributed by atoms with E-state index in [0.29, 0.717) is 32.4 Å². The Morgan fingerprint density at radius 2 is 2.00 bits per heavy atom. The molecule has 0 atom stereocenters. The van der Waals surface area contributed by atoms with E-state index in [1.165, 1.54) is 20.3 Å². The zero-order chi connectivity index (χ0) is 18.8. The number of methoxy groups -OCH3 is 2. The Hall–Kier alpha value is -2.65. The van der Waals surface area contributed by atoms with E-state index in [2.05, 4.69) is 15.3 Å². The number of benzene rings is 1. The van der Waals surface area contributed by atoms with Gasteiger partial charge in [-0.1, -0.05) is 0 Å². The first kappa shape index (κ1) is 18.2. The fourth-order valence-corrected chi connectivity index (χ4v) is 3.55. The minimum Gasteiger partial charge on any atom is -0.480 e. The molecule has 136 valence electrons. The molecule has 26 heavy (non-hydrogen) atoms. The lowest BCUT2D eigenvalue weighted by molar-refractivity contribution is 0.103. The average Bonchev–Trinajstić information content (AvgIpc) is 2.95. The number of aryl methyl sites for hydroxylation is 1. The summed E-state index contributed by atoms with van der Waals surface area (Å²) in [5.74, 6) is -1.68. The lowest BCUT2D eigenvalue weighted by Gasteiger charge is -2.06. The van der Waals surface area contributed by atoms with Crippen LogP contribution in [-0.4, -0.2) is 30.1 Å². The number of aromatic nitrogens is 2. The second-order valence-electron chi connectivity index (χ2n) is 5.40. The Balaban J connectivity index is 2.00. The number of nitrogens with zero attached hydrogens (tertiary/aromatic N) is 2. The summed E-state index contributed by atoms with van der Waals surface area (Å²) < 4.78 is 36.7. The lowest BCUT2D eigenvalue weighted by Crippen LogP contribution is -2.11. The summed E-state index contributed by atoms with van der Waals surface area (Å²) in [6.07, 6.45) is 0. The number of rotatable bonds is 5. The number of carbonyl (C=O) groups excluding carboxylic acids is 1. The molecule has 1 amide bonds. The summed E-state index contributed by atoms with van der Waals surface area (Å²) in [6.45, 7) is 1.96. The van der Waals surface area contributed by atoms with Crippen LogP contribution in [0.2, 0.25) is 0 Å². The SMILES string of the molecule is COCc1nc(OC)c2c(C)c(C(=O)Nc3ccc(F)c(F)c3)sc2n1. The molecule has 3 rings (SSSR count). The van der Waals surface area contributed by atoms with Crippen molar-refractivity contribution in [3.05, 3.63) is 46.1 Å². The van der Waals surface area contributed by atoms with Crippen molar-refractivity contribution < 1.29 is 23.0 Å². The van der Waals surface area contributed by atoms with Gasteiger partial charge in [-0.25, -0.2) is 13.8 Å². The number of halogens is 2. The topological polar surface area (TPSA) is 73.3 Å². The molecule has 9 heteroatoms. The molecule has 1 aromatic carbocycles. The van der Waals surface area contributed by atoms with Crippen molar-refractivity contribution in [2.24, 2.45) is 0 Å². The number of nitrogens with one attached hydrogen (secondary N) is 1. The highest BCUT2D eigenvalue weighted by Gasteiger charge is 2.21. The van der Waals surface area contributed by atoms with Gasteiger partial charge in [-0.2, -0.15) is 4.98 Å². The van der Waals surface area contributed by atoms with E-state index in [1.54, 1.807) is 6.92 Å². The van der Waals surface area contributed by atoms with Crippen LogP contribution in [0.1, 0.15) is 21.1 Å². The Morgan fingerprint density at radius 3 is 2.65 bits per heavy atom. The standard InChI is InChI=1S/C17H15F2N3O3S/c1-8-13-16(25-3)21-12(7-24-2)22-17(13)26-14(8)15(23)20-9-4-5-10(18)11(19)6-9/h4-6H,7H2,1-3H3,(H,20,23). The third kappa shape index (κ3) is 3.35. The van der Waals surface area contributed by atoms with Gasteiger partial charge < -0.3 is 14.8 Å². The lowest BCUT2D eigenvalue weighted by atomic mass is 10.2. The van der Waals surface area contributed by atoms with E-state index in [9.17, 15) is 13.6 Å². The highest BCUT2D eigenvalue weighted by Crippen LogP contribution is 2.35. The number of fused-ring (bicyclic) bond motifs is 1. The average molecular weight is 379 g/mol. The molecule has 2 aromatic heterocycles. The number of ether oxygens (including phenoxy) is 2. The van der Waals surface area contributed by atoms with Crippen molar-refractivity contribution in [3.63, 3.8) is 0 Å². The summed E-state index contributed by atoms with van der Waals surface area (Å²) >= 11 is 1.16. The fourth-order valence-electron chi connectivity index (χ4n) is 2.46. The molecule has 1 N–H and O–H groups in total. The van der Waals surface area contributed by atoms with Gasteiger partial charge in [0.05, 0.1) is 17.4 Å². The minimum absolute atomic E-state index is 0.156. The monoisotopic (exact) mass is 379 g/mol. The molecular weight excluding hydrogens is 364 g/mol. The zero-order valence-electron chi connectivity index (χ0n) is 14.2. The number of carbonyl (C=O) groups is 1. The largest absolute Gasteiger partial charge is 0.480 e. The molecular formula is C17H15F2N3O3S. The first-order valence-electron chi connectivity index (χ1n) is 7.54. The zero-order valence-corrected chi connectivity index (χ0v) is 15.0. The molecule has 0 saturated heterocycles. The van der Waals surface area contributed by atoms with Gasteiger partial charge in [-0.3, -0.25) is 4.79 Å². The Bertz CT molecular complexity index is 991. The van der Waals surface area contributed by atoms with E-state index in [4.69, 9.17) is 9.47 Å². The Kier molecular flexibility index (Phi) is 5.10. The van der Waals surface area contributed by atoms with Crippen molar-refractivity contribution in [2.45, 2.75) is 13.5 Å². The van der Waals surface area contributed by atoms with Crippen LogP contribution in [0.4, 0.5) is 14.5 Å². The van der Waals surface area contributed by atoms with Crippen LogP contribution >= 0.6 is 11.3 Å². The van der Waals surface area contributed by atoms with Gasteiger partial charge in [0.25, 0.3) is 5.91 Å². The van der Waals surface area contributed by atoms with Crippen LogP contribution < -0.4 is 10.1 Å². The molecule has 0 spiro atoms. The Labute approximate surface area is 151 Å². The van der Waals surface area contributed by atoms with Crippen LogP contribution in [0, 0.1) is 18.6 Å². The van der Waals surface area contributed by atoms with Crippen molar-refractivity contribution in [1.82, 2.24) is 9.97 Å². The first-order chi connectivity index (χ1) is 12.4. The van der Waals surface area contributed by atoms with E-state index >= 15 is 0 Å². The summed E-state index contributed by atoms with van der Waals surface area (Å²) in [4.78, 5) is 22.2. The van der Waals surface area contributed by atoms with E-state index in [0.717, 1.165) is 23.5 Å². The molecule has 3 aromatic rings. The molecule has 0 bridgehead atoms. The van der Waals surface area contributed by atoms with Gasteiger partial charge in [-0.15, -0.1) is 11.3 Å². The smallest absolute Gasteiger partial charge is 0.266 e. The predicted molar refractivity (Wildman–Crippen MR) is 93.7 cm³/mol. The molecule has 0 unspecified atom stereocenters. The van der Waals surface area contributed by atoms with Crippen molar-refractivity contribution in [1.29, 1.82) is 0 Å². The van der Waals surface area contributed by atoms with E-state index < -0.39 is 17.5 Å². The quantitative estimate of drug-likeness (QED) is 0.732. The normalized spacial score (nSPS) is 11.0. The minimum atomic E-state index is -1.03. The number of anilines is 1. The van der Waals surface area contributed by atoms with E-state index in [-0.39, 0.29) is 12.3 Å². The van der Waals surface area contributed by atoms with Crippen LogP contribution in [-0.2, 0) is 11.3 Å². The van der Waals surface area contributed by atoms with Gasteiger partial charge in [0.1, 0.15) is 11.4 Å². The molecule has 0 radical (unpaired) electrons. The highest BCUT2D eigenvalue weighted by atomic mass is 32.1. The maximum atomic E-state index is 13.3. The van der Waals surface area contributed by atoms with Crippen molar-refractivity contribution in [2.75, 3.05) is 19.5 Å². The molecule has 0 fully saturated rings. The fraction of sp³-hybridized carbons (Fsp3) is 0.235. The van der Waals surface area contributed by atoms with Gasteiger partial charge in [0.2, 0.25) is 5.88 Å². The van der Waals surface area contributed by atoms with Crippen LogP contribution in [0.15, 0.2) is 18.2 Å². The van der Waals surface area contributed by atoms with Gasteiger partial charge in [0.15, 0.2) is 17.5 Å². The maximum absolute atomic E-state index is 13.3. The third-order valence-corrected chi connectivity index (χ3v) is 4.84. The third-order valence-electron chi connectivity index (χ3n) is 3.65. The molecule has 6 nitrogen and oxygen atoms in total.